The van der Waals surface area contributed by atoms with Crippen LogP contribution in [0.15, 0.2) is 47.4 Å². The summed E-state index contributed by atoms with van der Waals surface area (Å²) in [6.45, 7) is 4.22. The second-order valence-electron chi connectivity index (χ2n) is 5.91. The molecule has 0 spiro atoms. The topological polar surface area (TPSA) is 46.6 Å². The lowest BCUT2D eigenvalue weighted by Crippen LogP contribution is -2.26. The Morgan fingerprint density at radius 3 is 2.42 bits per heavy atom. The second-order valence-corrected chi connectivity index (χ2v) is 8.36. The molecule has 0 atom stereocenters. The minimum absolute atomic E-state index is 0.156. The predicted molar refractivity (Wildman–Crippen MR) is 97.2 cm³/mol. The van der Waals surface area contributed by atoms with Gasteiger partial charge in [0.2, 0.25) is 10.0 Å². The van der Waals surface area contributed by atoms with Crippen LogP contribution >= 0.6 is 11.6 Å². The fourth-order valence-corrected chi connectivity index (χ4v) is 3.84. The fourth-order valence-electron chi connectivity index (χ4n) is 2.46. The Bertz CT molecular complexity index is 819. The van der Waals surface area contributed by atoms with Crippen molar-refractivity contribution in [2.75, 3.05) is 14.2 Å². The molecule has 0 amide bonds. The minimum Gasteiger partial charge on any atom is -0.496 e. The largest absolute Gasteiger partial charge is 0.496 e. The van der Waals surface area contributed by atoms with Gasteiger partial charge in [0.25, 0.3) is 0 Å². The molecule has 0 aliphatic heterocycles. The van der Waals surface area contributed by atoms with Crippen LogP contribution in [0.1, 0.15) is 30.9 Å². The Balaban J connectivity index is 2.36. The van der Waals surface area contributed by atoms with Crippen LogP contribution in [0.25, 0.3) is 0 Å². The molecule has 0 bridgehead atoms. The average Bonchev–Trinajstić information content (AvgIpc) is 2.56. The van der Waals surface area contributed by atoms with Gasteiger partial charge in [-0.1, -0.05) is 43.6 Å². The smallest absolute Gasteiger partial charge is 0.243 e. The Labute approximate surface area is 149 Å². The first-order valence-corrected chi connectivity index (χ1v) is 9.47. The van der Waals surface area contributed by atoms with E-state index in [-0.39, 0.29) is 17.4 Å². The molecular weight excluding hydrogens is 346 g/mol. The van der Waals surface area contributed by atoms with Crippen molar-refractivity contribution in [2.24, 2.45) is 0 Å². The van der Waals surface area contributed by atoms with Crippen LogP contribution in [0.4, 0.5) is 0 Å². The molecule has 0 radical (unpaired) electrons. The van der Waals surface area contributed by atoms with E-state index in [1.165, 1.54) is 4.31 Å². The summed E-state index contributed by atoms with van der Waals surface area (Å²) in [6, 6.07) is 12.2. The monoisotopic (exact) mass is 367 g/mol. The van der Waals surface area contributed by atoms with Crippen molar-refractivity contribution in [3.05, 3.63) is 58.6 Å². The van der Waals surface area contributed by atoms with E-state index in [4.69, 9.17) is 16.3 Å². The molecule has 6 heteroatoms. The Kier molecular flexibility index (Phi) is 5.91. The normalized spacial score (nSPS) is 12.0. The highest BCUT2D eigenvalue weighted by molar-refractivity contribution is 7.89. The maximum Gasteiger partial charge on any atom is 0.243 e. The molecule has 0 unspecified atom stereocenters. The Hall–Kier alpha value is -1.56. The highest BCUT2D eigenvalue weighted by atomic mass is 35.5. The number of sulfonamides is 1. The van der Waals surface area contributed by atoms with Crippen molar-refractivity contribution < 1.29 is 13.2 Å². The molecule has 2 aromatic carbocycles. The summed E-state index contributed by atoms with van der Waals surface area (Å²) in [7, 11) is -0.480. The summed E-state index contributed by atoms with van der Waals surface area (Å²) in [4.78, 5) is 0.251. The summed E-state index contributed by atoms with van der Waals surface area (Å²) >= 11 is 6.13. The number of hydrogen-bond donors (Lipinski definition) is 0. The third-order valence-corrected chi connectivity index (χ3v) is 6.05. The van der Waals surface area contributed by atoms with Crippen molar-refractivity contribution in [3.8, 4) is 5.75 Å². The van der Waals surface area contributed by atoms with Crippen molar-refractivity contribution in [2.45, 2.75) is 31.2 Å². The SMILES string of the molecule is COc1ccc(S(=O)(=O)N(C)Cc2ccccc2Cl)cc1C(C)C. The van der Waals surface area contributed by atoms with Gasteiger partial charge in [-0.15, -0.1) is 0 Å². The molecule has 0 saturated heterocycles. The first-order chi connectivity index (χ1) is 11.3. The number of ether oxygens (including phenoxy) is 1. The number of rotatable bonds is 6. The highest BCUT2D eigenvalue weighted by Crippen LogP contribution is 2.30. The zero-order valence-electron chi connectivity index (χ0n) is 14.3. The third kappa shape index (κ3) is 3.91. The number of halogens is 1. The average molecular weight is 368 g/mol. The molecule has 130 valence electrons. The summed E-state index contributed by atoms with van der Waals surface area (Å²) < 4.78 is 32.4. The zero-order valence-corrected chi connectivity index (χ0v) is 15.9. The second kappa shape index (κ2) is 7.55. The lowest BCUT2D eigenvalue weighted by molar-refractivity contribution is 0.407. The van der Waals surface area contributed by atoms with Crippen molar-refractivity contribution in [1.29, 1.82) is 0 Å². The van der Waals surface area contributed by atoms with E-state index in [9.17, 15) is 8.42 Å². The Morgan fingerprint density at radius 1 is 1.17 bits per heavy atom. The van der Waals surface area contributed by atoms with Gasteiger partial charge in [-0.25, -0.2) is 8.42 Å². The van der Waals surface area contributed by atoms with Crippen molar-refractivity contribution >= 4 is 21.6 Å². The van der Waals surface area contributed by atoms with E-state index in [2.05, 4.69) is 0 Å². The van der Waals surface area contributed by atoms with E-state index in [1.54, 1.807) is 38.4 Å². The van der Waals surface area contributed by atoms with Gasteiger partial charge in [-0.05, 0) is 41.3 Å². The van der Waals surface area contributed by atoms with Gasteiger partial charge in [0.15, 0.2) is 0 Å². The number of methoxy groups -OCH3 is 1. The number of benzene rings is 2. The van der Waals surface area contributed by atoms with Crippen LogP contribution in [0.2, 0.25) is 5.02 Å². The van der Waals surface area contributed by atoms with E-state index >= 15 is 0 Å². The van der Waals surface area contributed by atoms with Gasteiger partial charge in [-0.3, -0.25) is 0 Å². The molecule has 24 heavy (non-hydrogen) atoms. The maximum absolute atomic E-state index is 12.9. The van der Waals surface area contributed by atoms with Gasteiger partial charge >= 0.3 is 0 Å². The van der Waals surface area contributed by atoms with Gasteiger partial charge in [0.1, 0.15) is 5.75 Å². The minimum atomic E-state index is -3.62. The highest BCUT2D eigenvalue weighted by Gasteiger charge is 2.23. The third-order valence-electron chi connectivity index (χ3n) is 3.88. The summed E-state index contributed by atoms with van der Waals surface area (Å²) in [5.41, 5.74) is 1.63. The molecule has 0 N–H and O–H groups in total. The lowest BCUT2D eigenvalue weighted by Gasteiger charge is -2.20. The molecule has 0 fully saturated rings. The number of nitrogens with zero attached hydrogens (tertiary/aromatic N) is 1. The van der Waals surface area contributed by atoms with Crippen LogP contribution in [-0.2, 0) is 16.6 Å². The van der Waals surface area contributed by atoms with Crippen molar-refractivity contribution in [1.82, 2.24) is 4.31 Å². The van der Waals surface area contributed by atoms with E-state index in [1.807, 2.05) is 32.0 Å². The molecule has 4 nitrogen and oxygen atoms in total. The summed E-state index contributed by atoms with van der Waals surface area (Å²) in [6.07, 6.45) is 0. The molecule has 0 aromatic heterocycles. The maximum atomic E-state index is 12.9. The lowest BCUT2D eigenvalue weighted by atomic mass is 10.0. The molecule has 0 saturated carbocycles. The van der Waals surface area contributed by atoms with Crippen LogP contribution < -0.4 is 4.74 Å². The quantitative estimate of drug-likeness (QED) is 0.765. The number of hydrogen-bond acceptors (Lipinski definition) is 3. The van der Waals surface area contributed by atoms with Crippen LogP contribution in [0, 0.1) is 0 Å². The molecule has 2 rings (SSSR count). The van der Waals surface area contributed by atoms with Gasteiger partial charge < -0.3 is 4.74 Å². The van der Waals surface area contributed by atoms with E-state index in [0.717, 1.165) is 11.1 Å². The van der Waals surface area contributed by atoms with E-state index < -0.39 is 10.0 Å². The van der Waals surface area contributed by atoms with Gasteiger partial charge in [-0.2, -0.15) is 4.31 Å². The Morgan fingerprint density at radius 2 is 1.83 bits per heavy atom. The first-order valence-electron chi connectivity index (χ1n) is 7.65. The molecular formula is C18H22ClNO3S. The molecule has 0 aliphatic rings. The van der Waals surface area contributed by atoms with Crippen molar-refractivity contribution in [3.63, 3.8) is 0 Å². The summed E-state index contributed by atoms with van der Waals surface area (Å²) in [5.74, 6) is 0.849. The molecule has 0 aliphatic carbocycles. The molecule has 0 heterocycles. The molecule has 2 aromatic rings. The fraction of sp³-hybridized carbons (Fsp3) is 0.333. The van der Waals surface area contributed by atoms with E-state index in [0.29, 0.717) is 10.8 Å². The van der Waals surface area contributed by atoms with Crippen LogP contribution in [0.5, 0.6) is 5.75 Å². The predicted octanol–water partition coefficient (Wildman–Crippen LogP) is 4.29. The van der Waals surface area contributed by atoms with Crippen LogP contribution in [-0.4, -0.2) is 26.9 Å². The van der Waals surface area contributed by atoms with Gasteiger partial charge in [0.05, 0.1) is 12.0 Å². The standard InChI is InChI=1S/C18H22ClNO3S/c1-13(2)16-11-15(9-10-18(16)23-4)24(21,22)20(3)12-14-7-5-6-8-17(14)19/h5-11,13H,12H2,1-4H3. The van der Waals surface area contributed by atoms with Gasteiger partial charge in [0, 0.05) is 18.6 Å². The summed E-state index contributed by atoms with van der Waals surface area (Å²) in [5, 5.41) is 0.553. The zero-order chi connectivity index (χ0) is 17.9. The first kappa shape index (κ1) is 18.8. The van der Waals surface area contributed by atoms with Crippen LogP contribution in [0.3, 0.4) is 0 Å².